The number of rotatable bonds is 2. The van der Waals surface area contributed by atoms with Gasteiger partial charge >= 0.3 is 0 Å². The van der Waals surface area contributed by atoms with E-state index in [1.54, 1.807) is 12.8 Å². The molecule has 0 radical (unpaired) electrons. The Bertz CT molecular complexity index is 295. The average molecular weight is 268 g/mol. The zero-order valence-electron chi connectivity index (χ0n) is 11.0. The van der Waals surface area contributed by atoms with Gasteiger partial charge in [-0.15, -0.1) is 0 Å². The summed E-state index contributed by atoms with van der Waals surface area (Å²) >= 11 is 4.54. The van der Waals surface area contributed by atoms with Crippen LogP contribution in [0.5, 0.6) is 0 Å². The third-order valence-corrected chi connectivity index (χ3v) is 9.05. The second-order valence-electron chi connectivity index (χ2n) is 7.27. The van der Waals surface area contributed by atoms with Crippen LogP contribution in [0.4, 0.5) is 0 Å². The van der Waals surface area contributed by atoms with Crippen LogP contribution in [0.15, 0.2) is 0 Å². The summed E-state index contributed by atoms with van der Waals surface area (Å²) in [7, 11) is 0. The van der Waals surface area contributed by atoms with Crippen molar-refractivity contribution in [2.45, 2.75) is 73.4 Å². The van der Waals surface area contributed by atoms with Crippen LogP contribution in [0.1, 0.15) is 52.4 Å². The number of hydrogen-bond donors (Lipinski definition) is 0. The van der Waals surface area contributed by atoms with Gasteiger partial charge in [-0.05, 0) is 55.8 Å². The first-order valence-corrected chi connectivity index (χ1v) is 9.34. The standard InChI is InChI=1S/C15H24S2/c1-15(2,9-3-5-11-13(7-9)16-11)10-4-6-12-14(8-10)17-12/h9-14H,3-8H2,1-2H3. The van der Waals surface area contributed by atoms with Gasteiger partial charge < -0.3 is 0 Å². The largest absolute Gasteiger partial charge is 0.153 e. The van der Waals surface area contributed by atoms with E-state index in [-0.39, 0.29) is 0 Å². The fraction of sp³-hybridized carbons (Fsp3) is 1.00. The van der Waals surface area contributed by atoms with Crippen molar-refractivity contribution in [3.05, 3.63) is 0 Å². The summed E-state index contributed by atoms with van der Waals surface area (Å²) in [6.45, 7) is 5.20. The summed E-state index contributed by atoms with van der Waals surface area (Å²) in [6, 6.07) is 0. The van der Waals surface area contributed by atoms with E-state index in [9.17, 15) is 0 Å². The SMILES string of the molecule is CC(C)(C1CCC2SC2C1)C1CCC2SC2C1. The molecule has 4 fully saturated rings. The van der Waals surface area contributed by atoms with Gasteiger partial charge in [-0.3, -0.25) is 0 Å². The zero-order valence-corrected chi connectivity index (χ0v) is 12.7. The summed E-state index contributed by atoms with van der Waals surface area (Å²) in [5.74, 6) is 2.06. The molecule has 2 heteroatoms. The Morgan fingerprint density at radius 2 is 1.18 bits per heavy atom. The lowest BCUT2D eigenvalue weighted by molar-refractivity contribution is 0.0706. The van der Waals surface area contributed by atoms with E-state index in [4.69, 9.17) is 0 Å². The molecule has 0 aromatic carbocycles. The molecule has 2 saturated heterocycles. The van der Waals surface area contributed by atoms with Crippen LogP contribution in [-0.2, 0) is 0 Å². The van der Waals surface area contributed by atoms with E-state index >= 15 is 0 Å². The van der Waals surface area contributed by atoms with E-state index in [1.807, 2.05) is 0 Å². The van der Waals surface area contributed by atoms with Crippen LogP contribution >= 0.6 is 23.5 Å². The summed E-state index contributed by atoms with van der Waals surface area (Å²) < 4.78 is 0. The third-order valence-electron chi connectivity index (χ3n) is 6.11. The van der Waals surface area contributed by atoms with Crippen molar-refractivity contribution in [3.63, 3.8) is 0 Å². The molecule has 4 aliphatic rings. The van der Waals surface area contributed by atoms with E-state index < -0.39 is 0 Å². The molecule has 6 unspecified atom stereocenters. The van der Waals surface area contributed by atoms with Crippen molar-refractivity contribution >= 4 is 23.5 Å². The lowest BCUT2D eigenvalue weighted by Gasteiger charge is -2.44. The van der Waals surface area contributed by atoms with Crippen molar-refractivity contribution in [1.29, 1.82) is 0 Å². The Labute approximate surface area is 114 Å². The Morgan fingerprint density at radius 1 is 0.706 bits per heavy atom. The predicted molar refractivity (Wildman–Crippen MR) is 78.8 cm³/mol. The van der Waals surface area contributed by atoms with Crippen LogP contribution in [0.25, 0.3) is 0 Å². The molecule has 0 amide bonds. The number of thioether (sulfide) groups is 2. The van der Waals surface area contributed by atoms with Gasteiger partial charge in [-0.2, -0.15) is 23.5 Å². The van der Waals surface area contributed by atoms with Gasteiger partial charge in [0.25, 0.3) is 0 Å². The summed E-state index contributed by atoms with van der Waals surface area (Å²) in [6.07, 6.45) is 9.19. The Morgan fingerprint density at radius 3 is 1.59 bits per heavy atom. The molecule has 2 saturated carbocycles. The first-order chi connectivity index (χ1) is 8.14. The van der Waals surface area contributed by atoms with Crippen molar-refractivity contribution in [3.8, 4) is 0 Å². The number of fused-ring (bicyclic) bond motifs is 2. The number of hydrogen-bond acceptors (Lipinski definition) is 2. The fourth-order valence-electron chi connectivity index (χ4n) is 4.49. The van der Waals surface area contributed by atoms with Gasteiger partial charge in [-0.1, -0.05) is 13.8 Å². The first-order valence-electron chi connectivity index (χ1n) is 7.45. The molecule has 0 aromatic heterocycles. The average Bonchev–Trinajstić information content (AvgIpc) is 3.21. The normalized spacial score (nSPS) is 52.6. The molecule has 0 bridgehead atoms. The van der Waals surface area contributed by atoms with Gasteiger partial charge in [0.15, 0.2) is 0 Å². The highest BCUT2D eigenvalue weighted by Gasteiger charge is 2.52. The highest BCUT2D eigenvalue weighted by atomic mass is 32.2. The summed E-state index contributed by atoms with van der Waals surface area (Å²) in [5, 5.41) is 4.30. The van der Waals surface area contributed by atoms with Gasteiger partial charge in [0, 0.05) is 21.0 Å². The smallest absolute Gasteiger partial charge is 0.0172 e. The lowest BCUT2D eigenvalue weighted by Crippen LogP contribution is -2.37. The van der Waals surface area contributed by atoms with E-state index in [0.717, 1.165) is 32.8 Å². The monoisotopic (exact) mass is 268 g/mol. The van der Waals surface area contributed by atoms with Gasteiger partial charge in [0.2, 0.25) is 0 Å². The van der Waals surface area contributed by atoms with E-state index in [2.05, 4.69) is 37.4 Å². The predicted octanol–water partition coefficient (Wildman–Crippen LogP) is 4.58. The quantitative estimate of drug-likeness (QED) is 0.672. The molecule has 0 nitrogen and oxygen atoms in total. The third kappa shape index (κ3) is 1.98. The van der Waals surface area contributed by atoms with E-state index in [1.165, 1.54) is 25.7 Å². The molecular weight excluding hydrogens is 244 g/mol. The molecule has 17 heavy (non-hydrogen) atoms. The molecule has 4 rings (SSSR count). The van der Waals surface area contributed by atoms with Crippen molar-refractivity contribution in [1.82, 2.24) is 0 Å². The maximum Gasteiger partial charge on any atom is 0.0172 e. The van der Waals surface area contributed by atoms with Crippen LogP contribution in [-0.4, -0.2) is 21.0 Å². The molecule has 0 aromatic rings. The van der Waals surface area contributed by atoms with Gasteiger partial charge in [0.05, 0.1) is 0 Å². The van der Waals surface area contributed by atoms with Crippen molar-refractivity contribution in [2.24, 2.45) is 17.3 Å². The molecule has 0 spiro atoms. The molecule has 2 aliphatic heterocycles. The lowest BCUT2D eigenvalue weighted by atomic mass is 9.61. The zero-order chi connectivity index (χ0) is 11.6. The van der Waals surface area contributed by atoms with Gasteiger partial charge in [-0.25, -0.2) is 0 Å². The molecule has 0 N–H and O–H groups in total. The van der Waals surface area contributed by atoms with Crippen LogP contribution in [0.3, 0.4) is 0 Å². The second kappa shape index (κ2) is 3.85. The van der Waals surface area contributed by atoms with Crippen molar-refractivity contribution in [2.75, 3.05) is 0 Å². The van der Waals surface area contributed by atoms with Crippen LogP contribution in [0, 0.1) is 17.3 Å². The minimum atomic E-state index is 0.627. The molecule has 6 atom stereocenters. The molecular formula is C15H24S2. The Hall–Kier alpha value is 0.700. The highest BCUT2D eigenvalue weighted by molar-refractivity contribution is 8.07. The highest BCUT2D eigenvalue weighted by Crippen LogP contribution is 2.61. The molecule has 96 valence electrons. The van der Waals surface area contributed by atoms with Gasteiger partial charge in [0.1, 0.15) is 0 Å². The summed E-state index contributed by atoms with van der Waals surface area (Å²) in [5.41, 5.74) is 0.627. The van der Waals surface area contributed by atoms with Crippen LogP contribution < -0.4 is 0 Å². The Balaban J connectivity index is 1.45. The topological polar surface area (TPSA) is 0 Å². The summed E-state index contributed by atoms with van der Waals surface area (Å²) in [4.78, 5) is 0. The minimum absolute atomic E-state index is 0.627. The Kier molecular flexibility index (Phi) is 2.61. The minimum Gasteiger partial charge on any atom is -0.153 e. The van der Waals surface area contributed by atoms with Crippen molar-refractivity contribution < 1.29 is 0 Å². The molecule has 2 heterocycles. The maximum atomic E-state index is 2.60. The second-order valence-corrected chi connectivity index (χ2v) is 10.2. The first kappa shape index (κ1) is 11.5. The molecule has 2 aliphatic carbocycles. The van der Waals surface area contributed by atoms with E-state index in [0.29, 0.717) is 5.41 Å². The fourth-order valence-corrected chi connectivity index (χ4v) is 6.94. The van der Waals surface area contributed by atoms with Crippen LogP contribution in [0.2, 0.25) is 0 Å². The maximum absolute atomic E-state index is 2.60.